The van der Waals surface area contributed by atoms with Crippen LogP contribution in [0.2, 0.25) is 0 Å². The van der Waals surface area contributed by atoms with Crippen molar-refractivity contribution in [2.45, 2.75) is 20.3 Å². The number of carbonyl (C=O) groups is 1. The summed E-state index contributed by atoms with van der Waals surface area (Å²) >= 11 is 3.06. The molecule has 0 unspecified atom stereocenters. The lowest BCUT2D eigenvalue weighted by Crippen LogP contribution is -2.12. The minimum absolute atomic E-state index is 0.278. The fraction of sp³-hybridized carbons (Fsp3) is 0.214. The molecule has 0 atom stereocenters. The highest BCUT2D eigenvalue weighted by Crippen LogP contribution is 2.28. The Morgan fingerprint density at radius 3 is 3.00 bits per heavy atom. The molecule has 0 aliphatic carbocycles. The maximum absolute atomic E-state index is 12.2. The zero-order valence-corrected chi connectivity index (χ0v) is 13.2. The number of thiazole rings is 1. The molecule has 0 saturated carbocycles. The molecule has 0 spiro atoms. The van der Waals surface area contributed by atoms with Crippen LogP contribution < -0.4 is 5.32 Å². The molecule has 0 aliphatic rings. The first-order valence-electron chi connectivity index (χ1n) is 6.45. The standard InChI is InChI=1S/C14H13N3O2S2/c1-3-9-8(2)17-19-13(9)16-12(18)10-7-21-14(15-10)11-5-4-6-20-11/h4-7H,3H2,1-2H3,(H,16,18). The van der Waals surface area contributed by atoms with Crippen LogP contribution in [0.3, 0.4) is 0 Å². The molecule has 0 aromatic carbocycles. The van der Waals surface area contributed by atoms with E-state index in [1.807, 2.05) is 31.4 Å². The monoisotopic (exact) mass is 319 g/mol. The molecule has 0 aliphatic heterocycles. The first-order chi connectivity index (χ1) is 10.2. The summed E-state index contributed by atoms with van der Waals surface area (Å²) in [5, 5.41) is 11.2. The first-order valence-corrected chi connectivity index (χ1v) is 8.21. The van der Waals surface area contributed by atoms with E-state index < -0.39 is 0 Å². The van der Waals surface area contributed by atoms with Crippen molar-refractivity contribution in [3.63, 3.8) is 0 Å². The maximum Gasteiger partial charge on any atom is 0.277 e. The Morgan fingerprint density at radius 1 is 1.43 bits per heavy atom. The maximum atomic E-state index is 12.2. The number of carbonyl (C=O) groups excluding carboxylic acids is 1. The Hall–Kier alpha value is -1.99. The van der Waals surface area contributed by atoms with Gasteiger partial charge in [0.25, 0.3) is 5.91 Å². The molecular formula is C14H13N3O2S2. The van der Waals surface area contributed by atoms with E-state index in [1.165, 1.54) is 11.3 Å². The van der Waals surface area contributed by atoms with E-state index in [2.05, 4.69) is 15.5 Å². The molecule has 5 nitrogen and oxygen atoms in total. The predicted octanol–water partition coefficient (Wildman–Crippen LogP) is 3.98. The van der Waals surface area contributed by atoms with Gasteiger partial charge in [0.05, 0.1) is 10.6 Å². The average molecular weight is 319 g/mol. The third-order valence-corrected chi connectivity index (χ3v) is 4.92. The van der Waals surface area contributed by atoms with E-state index >= 15 is 0 Å². The molecule has 3 aromatic rings. The molecule has 0 saturated heterocycles. The third-order valence-electron chi connectivity index (χ3n) is 3.03. The zero-order chi connectivity index (χ0) is 14.8. The van der Waals surface area contributed by atoms with Crippen LogP contribution in [0.1, 0.15) is 28.7 Å². The summed E-state index contributed by atoms with van der Waals surface area (Å²) in [6.45, 7) is 3.85. The van der Waals surface area contributed by atoms with E-state index in [0.29, 0.717) is 11.6 Å². The number of hydrogen-bond donors (Lipinski definition) is 1. The van der Waals surface area contributed by atoms with Crippen LogP contribution in [0.5, 0.6) is 0 Å². The van der Waals surface area contributed by atoms with E-state index in [9.17, 15) is 4.79 Å². The lowest BCUT2D eigenvalue weighted by atomic mass is 10.2. The Morgan fingerprint density at radius 2 is 2.29 bits per heavy atom. The fourth-order valence-corrected chi connectivity index (χ4v) is 3.58. The molecule has 3 heterocycles. The van der Waals surface area contributed by atoms with E-state index in [4.69, 9.17) is 4.52 Å². The highest BCUT2D eigenvalue weighted by molar-refractivity contribution is 7.20. The predicted molar refractivity (Wildman–Crippen MR) is 84.0 cm³/mol. The molecule has 0 bridgehead atoms. The zero-order valence-electron chi connectivity index (χ0n) is 11.5. The summed E-state index contributed by atoms with van der Waals surface area (Å²) in [6.07, 6.45) is 0.752. The Labute approximate surface area is 129 Å². The van der Waals surface area contributed by atoms with Crippen molar-refractivity contribution < 1.29 is 9.32 Å². The molecule has 0 radical (unpaired) electrons. The summed E-state index contributed by atoms with van der Waals surface area (Å²) in [7, 11) is 0. The van der Waals surface area contributed by atoms with Gasteiger partial charge in [-0.3, -0.25) is 10.1 Å². The molecule has 3 rings (SSSR count). The summed E-state index contributed by atoms with van der Waals surface area (Å²) in [6, 6.07) is 3.95. The Kier molecular flexibility index (Phi) is 3.85. The fourth-order valence-electron chi connectivity index (χ4n) is 1.96. The van der Waals surface area contributed by atoms with Gasteiger partial charge in [-0.1, -0.05) is 18.1 Å². The van der Waals surface area contributed by atoms with Gasteiger partial charge >= 0.3 is 0 Å². The number of rotatable bonds is 4. The molecule has 3 aromatic heterocycles. The van der Waals surface area contributed by atoms with Crippen LogP contribution in [-0.4, -0.2) is 16.0 Å². The number of hydrogen-bond acceptors (Lipinski definition) is 6. The summed E-state index contributed by atoms with van der Waals surface area (Å²) in [4.78, 5) is 17.6. The highest BCUT2D eigenvalue weighted by atomic mass is 32.1. The van der Waals surface area contributed by atoms with Crippen LogP contribution in [0.4, 0.5) is 5.88 Å². The SMILES string of the molecule is CCc1c(C)noc1NC(=O)c1csc(-c2cccs2)n1. The van der Waals surface area contributed by atoms with Crippen molar-refractivity contribution in [1.82, 2.24) is 10.1 Å². The van der Waals surface area contributed by atoms with Crippen LogP contribution in [0, 0.1) is 6.92 Å². The van der Waals surface area contributed by atoms with Gasteiger partial charge in [-0.05, 0) is 24.8 Å². The number of nitrogens with one attached hydrogen (secondary N) is 1. The van der Waals surface area contributed by atoms with Crippen molar-refractivity contribution in [2.24, 2.45) is 0 Å². The first kappa shape index (κ1) is 14.0. The topological polar surface area (TPSA) is 68.0 Å². The molecule has 0 fully saturated rings. The minimum atomic E-state index is -0.278. The van der Waals surface area contributed by atoms with Crippen molar-refractivity contribution in [1.29, 1.82) is 0 Å². The summed E-state index contributed by atoms with van der Waals surface area (Å²) < 4.78 is 5.15. The molecule has 1 amide bonds. The van der Waals surface area contributed by atoms with E-state index in [1.54, 1.807) is 16.7 Å². The lowest BCUT2D eigenvalue weighted by molar-refractivity contribution is 0.101. The minimum Gasteiger partial charge on any atom is -0.338 e. The molecule has 1 N–H and O–H groups in total. The van der Waals surface area contributed by atoms with Crippen molar-refractivity contribution in [3.05, 3.63) is 39.8 Å². The number of anilines is 1. The van der Waals surface area contributed by atoms with Gasteiger partial charge in [-0.2, -0.15) is 0 Å². The van der Waals surface area contributed by atoms with E-state index in [-0.39, 0.29) is 5.91 Å². The van der Waals surface area contributed by atoms with Gasteiger partial charge in [-0.15, -0.1) is 22.7 Å². The van der Waals surface area contributed by atoms with Gasteiger partial charge in [0.15, 0.2) is 0 Å². The third kappa shape index (κ3) is 2.74. The Balaban J connectivity index is 1.80. The van der Waals surface area contributed by atoms with Gasteiger partial charge in [0, 0.05) is 10.9 Å². The smallest absolute Gasteiger partial charge is 0.277 e. The van der Waals surface area contributed by atoms with Gasteiger partial charge in [0.2, 0.25) is 5.88 Å². The number of aromatic nitrogens is 2. The molecule has 21 heavy (non-hydrogen) atoms. The normalized spacial score (nSPS) is 10.8. The van der Waals surface area contributed by atoms with Crippen molar-refractivity contribution in [3.8, 4) is 9.88 Å². The Bertz CT molecular complexity index is 759. The van der Waals surface area contributed by atoms with Gasteiger partial charge in [0.1, 0.15) is 10.7 Å². The molecular weight excluding hydrogens is 306 g/mol. The lowest BCUT2D eigenvalue weighted by Gasteiger charge is -2.00. The van der Waals surface area contributed by atoms with Crippen LogP contribution in [0.25, 0.3) is 9.88 Å². The van der Waals surface area contributed by atoms with Crippen LogP contribution in [0.15, 0.2) is 27.4 Å². The second kappa shape index (κ2) is 5.79. The molecule has 7 heteroatoms. The highest BCUT2D eigenvalue weighted by Gasteiger charge is 2.17. The van der Waals surface area contributed by atoms with Gasteiger partial charge < -0.3 is 4.52 Å². The van der Waals surface area contributed by atoms with Crippen LogP contribution >= 0.6 is 22.7 Å². The number of aryl methyl sites for hydroxylation is 1. The second-order valence-electron chi connectivity index (χ2n) is 4.40. The number of amides is 1. The van der Waals surface area contributed by atoms with Crippen LogP contribution in [-0.2, 0) is 6.42 Å². The number of thiophene rings is 1. The van der Waals surface area contributed by atoms with Crippen molar-refractivity contribution in [2.75, 3.05) is 5.32 Å². The average Bonchev–Trinajstić information content (AvgIpc) is 3.18. The number of nitrogens with zero attached hydrogens (tertiary/aromatic N) is 2. The molecule has 108 valence electrons. The van der Waals surface area contributed by atoms with Crippen molar-refractivity contribution >= 4 is 34.5 Å². The quantitative estimate of drug-likeness (QED) is 0.789. The van der Waals surface area contributed by atoms with E-state index in [0.717, 1.165) is 27.6 Å². The second-order valence-corrected chi connectivity index (χ2v) is 6.20. The largest absolute Gasteiger partial charge is 0.338 e. The summed E-state index contributed by atoms with van der Waals surface area (Å²) in [5.41, 5.74) is 2.10. The van der Waals surface area contributed by atoms with Gasteiger partial charge in [-0.25, -0.2) is 4.98 Å². The summed E-state index contributed by atoms with van der Waals surface area (Å²) in [5.74, 6) is 0.130.